The molecule has 0 aromatic heterocycles. The van der Waals surface area contributed by atoms with Crippen LogP contribution in [0.2, 0.25) is 0 Å². The number of benzene rings is 1. The van der Waals surface area contributed by atoms with E-state index < -0.39 is 22.0 Å². The van der Waals surface area contributed by atoms with E-state index in [-0.39, 0.29) is 17.9 Å². The number of hydrogen-bond acceptors (Lipinski definition) is 5. The van der Waals surface area contributed by atoms with Crippen LogP contribution in [0.3, 0.4) is 0 Å². The summed E-state index contributed by atoms with van der Waals surface area (Å²) in [6.45, 7) is 0. The van der Waals surface area contributed by atoms with Gasteiger partial charge < -0.3 is 9.64 Å². The number of amides is 2. The van der Waals surface area contributed by atoms with Gasteiger partial charge in [-0.05, 0) is 37.3 Å². The lowest BCUT2D eigenvalue weighted by molar-refractivity contribution is -0.123. The van der Waals surface area contributed by atoms with Crippen molar-refractivity contribution in [3.05, 3.63) is 29.8 Å². The maximum atomic E-state index is 13.3. The van der Waals surface area contributed by atoms with Crippen molar-refractivity contribution in [1.29, 1.82) is 0 Å². The third kappa shape index (κ3) is 3.70. The zero-order valence-corrected chi connectivity index (χ0v) is 15.8. The molecule has 7 nitrogen and oxygen atoms in total. The van der Waals surface area contributed by atoms with Crippen molar-refractivity contribution in [1.82, 2.24) is 9.62 Å². The standard InChI is InChI=1S/C18H24N2O5S/c1-25-16-10-6-4-8-13(16)18(22)20-14-9-5-3-7-12(14)11-15(20)17(21)19-26(2,23)24/h4,6,8,10,12,14-15H,3,5,7,9,11H2,1-2H3,(H,19,21). The third-order valence-electron chi connectivity index (χ3n) is 5.25. The van der Waals surface area contributed by atoms with Crippen molar-refractivity contribution in [2.75, 3.05) is 13.4 Å². The van der Waals surface area contributed by atoms with Gasteiger partial charge in [0.2, 0.25) is 10.0 Å². The third-order valence-corrected chi connectivity index (χ3v) is 5.82. The molecule has 1 saturated heterocycles. The van der Waals surface area contributed by atoms with Crippen LogP contribution < -0.4 is 9.46 Å². The Morgan fingerprint density at radius 1 is 1.19 bits per heavy atom. The predicted octanol–water partition coefficient (Wildman–Crippen LogP) is 1.54. The highest BCUT2D eigenvalue weighted by atomic mass is 32.2. The largest absolute Gasteiger partial charge is 0.496 e. The quantitative estimate of drug-likeness (QED) is 0.855. The molecule has 2 amide bonds. The Kier molecular flexibility index (Phi) is 5.22. The molecule has 1 aromatic rings. The van der Waals surface area contributed by atoms with E-state index >= 15 is 0 Å². The zero-order valence-electron chi connectivity index (χ0n) is 15.0. The molecule has 1 heterocycles. The Morgan fingerprint density at radius 2 is 1.88 bits per heavy atom. The lowest BCUT2D eigenvalue weighted by Gasteiger charge is -2.33. The highest BCUT2D eigenvalue weighted by molar-refractivity contribution is 7.89. The van der Waals surface area contributed by atoms with E-state index in [9.17, 15) is 18.0 Å². The SMILES string of the molecule is COc1ccccc1C(=O)N1C(C(=O)NS(C)(=O)=O)CC2CCCCC21. The summed E-state index contributed by atoms with van der Waals surface area (Å²) in [6, 6.07) is 6.06. The number of nitrogens with zero attached hydrogens (tertiary/aromatic N) is 1. The second-order valence-corrected chi connectivity index (χ2v) is 8.76. The summed E-state index contributed by atoms with van der Waals surface area (Å²) >= 11 is 0. The molecule has 142 valence electrons. The van der Waals surface area contributed by atoms with Gasteiger partial charge in [-0.25, -0.2) is 8.42 Å². The minimum Gasteiger partial charge on any atom is -0.496 e. The molecule has 2 aliphatic rings. The summed E-state index contributed by atoms with van der Waals surface area (Å²) in [4.78, 5) is 27.5. The number of methoxy groups -OCH3 is 1. The van der Waals surface area contributed by atoms with Gasteiger partial charge in [0, 0.05) is 6.04 Å². The molecule has 2 fully saturated rings. The van der Waals surface area contributed by atoms with Crippen molar-refractivity contribution in [2.45, 2.75) is 44.2 Å². The number of likely N-dealkylation sites (tertiary alicyclic amines) is 1. The number of fused-ring (bicyclic) bond motifs is 1. The molecule has 3 atom stereocenters. The summed E-state index contributed by atoms with van der Waals surface area (Å²) in [5, 5.41) is 0. The summed E-state index contributed by atoms with van der Waals surface area (Å²) in [6.07, 6.45) is 5.28. The van der Waals surface area contributed by atoms with Gasteiger partial charge in [0.05, 0.1) is 18.9 Å². The Morgan fingerprint density at radius 3 is 2.58 bits per heavy atom. The summed E-state index contributed by atoms with van der Waals surface area (Å²) in [7, 11) is -2.19. The lowest BCUT2D eigenvalue weighted by atomic mass is 9.84. The fraction of sp³-hybridized carbons (Fsp3) is 0.556. The number of ether oxygens (including phenoxy) is 1. The number of rotatable bonds is 4. The molecule has 1 aliphatic carbocycles. The average Bonchev–Trinajstić information content (AvgIpc) is 2.99. The molecule has 1 N–H and O–H groups in total. The molecule has 1 aliphatic heterocycles. The number of carbonyl (C=O) groups is 2. The Hall–Kier alpha value is -2.09. The first-order valence-electron chi connectivity index (χ1n) is 8.79. The first-order chi connectivity index (χ1) is 12.3. The first kappa shape index (κ1) is 18.7. The molecule has 3 rings (SSSR count). The molecule has 26 heavy (non-hydrogen) atoms. The van der Waals surface area contributed by atoms with Crippen LogP contribution in [-0.2, 0) is 14.8 Å². The van der Waals surface area contributed by atoms with Gasteiger partial charge in [-0.3, -0.25) is 14.3 Å². The maximum absolute atomic E-state index is 13.3. The van der Waals surface area contributed by atoms with Crippen LogP contribution in [-0.4, -0.2) is 50.6 Å². The van der Waals surface area contributed by atoms with Crippen molar-refractivity contribution >= 4 is 21.8 Å². The van der Waals surface area contributed by atoms with Gasteiger partial charge in [0.25, 0.3) is 11.8 Å². The number of para-hydroxylation sites is 1. The van der Waals surface area contributed by atoms with E-state index in [2.05, 4.69) is 0 Å². The van der Waals surface area contributed by atoms with E-state index in [0.717, 1.165) is 31.9 Å². The monoisotopic (exact) mass is 380 g/mol. The number of hydrogen-bond donors (Lipinski definition) is 1. The van der Waals surface area contributed by atoms with Crippen LogP contribution in [0.15, 0.2) is 24.3 Å². The first-order valence-corrected chi connectivity index (χ1v) is 10.7. The van der Waals surface area contributed by atoms with Crippen LogP contribution in [0.1, 0.15) is 42.5 Å². The molecule has 0 spiro atoms. The maximum Gasteiger partial charge on any atom is 0.258 e. The Bertz CT molecular complexity index is 808. The zero-order chi connectivity index (χ0) is 18.9. The molecular formula is C18H24N2O5S. The van der Waals surface area contributed by atoms with Gasteiger partial charge >= 0.3 is 0 Å². The van der Waals surface area contributed by atoms with Crippen molar-refractivity contribution in [3.8, 4) is 5.75 Å². The van der Waals surface area contributed by atoms with Gasteiger partial charge in [0.1, 0.15) is 11.8 Å². The molecular weight excluding hydrogens is 356 g/mol. The van der Waals surface area contributed by atoms with Gasteiger partial charge in [0.15, 0.2) is 0 Å². The second kappa shape index (κ2) is 7.26. The molecule has 3 unspecified atom stereocenters. The second-order valence-electron chi connectivity index (χ2n) is 7.01. The van der Waals surface area contributed by atoms with E-state index in [1.807, 2.05) is 4.72 Å². The highest BCUT2D eigenvalue weighted by Crippen LogP contribution is 2.41. The van der Waals surface area contributed by atoms with Crippen molar-refractivity contribution in [2.24, 2.45) is 5.92 Å². The molecule has 1 aromatic carbocycles. The lowest BCUT2D eigenvalue weighted by Crippen LogP contribution is -2.50. The smallest absolute Gasteiger partial charge is 0.258 e. The van der Waals surface area contributed by atoms with Crippen LogP contribution >= 0.6 is 0 Å². The summed E-state index contributed by atoms with van der Waals surface area (Å²) < 4.78 is 30.3. The van der Waals surface area contributed by atoms with Crippen molar-refractivity contribution < 1.29 is 22.7 Å². The Balaban J connectivity index is 1.95. The minimum atomic E-state index is -3.68. The number of nitrogens with one attached hydrogen (secondary N) is 1. The molecule has 1 saturated carbocycles. The average molecular weight is 380 g/mol. The summed E-state index contributed by atoms with van der Waals surface area (Å²) in [5.74, 6) is -0.257. The minimum absolute atomic E-state index is 0.0449. The summed E-state index contributed by atoms with van der Waals surface area (Å²) in [5.41, 5.74) is 0.387. The van der Waals surface area contributed by atoms with E-state index in [1.165, 1.54) is 7.11 Å². The molecule has 0 bridgehead atoms. The van der Waals surface area contributed by atoms with Gasteiger partial charge in [-0.15, -0.1) is 0 Å². The van der Waals surface area contributed by atoms with Crippen LogP contribution in [0, 0.1) is 5.92 Å². The Labute approximate surface area is 153 Å². The number of sulfonamides is 1. The fourth-order valence-electron chi connectivity index (χ4n) is 4.20. The molecule has 0 radical (unpaired) electrons. The normalized spacial score (nSPS) is 25.5. The fourth-order valence-corrected chi connectivity index (χ4v) is 4.70. The van der Waals surface area contributed by atoms with E-state index in [1.54, 1.807) is 29.2 Å². The van der Waals surface area contributed by atoms with Crippen LogP contribution in [0.5, 0.6) is 5.75 Å². The topological polar surface area (TPSA) is 92.8 Å². The van der Waals surface area contributed by atoms with Gasteiger partial charge in [-0.2, -0.15) is 0 Å². The van der Waals surface area contributed by atoms with Crippen molar-refractivity contribution in [3.63, 3.8) is 0 Å². The highest BCUT2D eigenvalue weighted by Gasteiger charge is 2.48. The van der Waals surface area contributed by atoms with E-state index in [0.29, 0.717) is 17.7 Å². The molecule has 8 heteroatoms. The number of carbonyl (C=O) groups excluding carboxylic acids is 2. The van der Waals surface area contributed by atoms with Crippen LogP contribution in [0.4, 0.5) is 0 Å². The van der Waals surface area contributed by atoms with Gasteiger partial charge in [-0.1, -0.05) is 25.0 Å². The van der Waals surface area contributed by atoms with Crippen LogP contribution in [0.25, 0.3) is 0 Å². The van der Waals surface area contributed by atoms with E-state index in [4.69, 9.17) is 4.74 Å². The predicted molar refractivity (Wildman–Crippen MR) is 96.3 cm³/mol.